The van der Waals surface area contributed by atoms with Gasteiger partial charge in [0, 0.05) is 6.20 Å². The van der Waals surface area contributed by atoms with Crippen molar-refractivity contribution in [2.75, 3.05) is 19.0 Å². The fraction of sp³-hybridized carbons (Fsp3) is 0.400. The van der Waals surface area contributed by atoms with E-state index >= 15 is 0 Å². The zero-order valence-corrected chi connectivity index (χ0v) is 9.36. The second kappa shape index (κ2) is 5.67. The summed E-state index contributed by atoms with van der Waals surface area (Å²) >= 11 is 0. The van der Waals surface area contributed by atoms with Crippen molar-refractivity contribution < 1.29 is 27.8 Å². The van der Waals surface area contributed by atoms with Gasteiger partial charge in [-0.05, 0) is 12.1 Å². The average molecular weight is 264 g/mol. The number of aliphatic hydroxyl groups is 1. The van der Waals surface area contributed by atoms with Crippen molar-refractivity contribution in [1.82, 2.24) is 4.98 Å². The van der Waals surface area contributed by atoms with Crippen LogP contribution >= 0.6 is 0 Å². The van der Waals surface area contributed by atoms with Gasteiger partial charge in [0.05, 0.1) is 19.2 Å². The number of nitrogens with zero attached hydrogens (tertiary/aromatic N) is 1. The quantitative estimate of drug-likeness (QED) is 0.795. The standard InChI is InChI=1S/C10H11F3N2O3/c1-18-9(17)7(16)5-15-8-3-2-6(4-14-8)10(11,12)13/h2-4,7,16H,5H2,1H3,(H,14,15). The van der Waals surface area contributed by atoms with Gasteiger partial charge < -0.3 is 15.2 Å². The molecule has 1 heterocycles. The number of hydrogen-bond donors (Lipinski definition) is 2. The Hall–Kier alpha value is -1.83. The summed E-state index contributed by atoms with van der Waals surface area (Å²) in [5.41, 5.74) is -0.874. The zero-order valence-electron chi connectivity index (χ0n) is 9.36. The predicted octanol–water partition coefficient (Wildman–Crippen LogP) is 1.05. The lowest BCUT2D eigenvalue weighted by molar-refractivity contribution is -0.149. The lowest BCUT2D eigenvalue weighted by atomic mass is 10.3. The van der Waals surface area contributed by atoms with E-state index < -0.39 is 23.8 Å². The van der Waals surface area contributed by atoms with E-state index in [1.807, 2.05) is 0 Å². The molecular weight excluding hydrogens is 253 g/mol. The number of aromatic nitrogens is 1. The number of halogens is 3. The van der Waals surface area contributed by atoms with Crippen molar-refractivity contribution in [2.45, 2.75) is 12.3 Å². The van der Waals surface area contributed by atoms with Gasteiger partial charge in [0.15, 0.2) is 6.10 Å². The molecule has 8 heteroatoms. The Balaban J connectivity index is 2.57. The first-order valence-electron chi connectivity index (χ1n) is 4.87. The molecule has 2 N–H and O–H groups in total. The molecular formula is C10H11F3N2O3. The fourth-order valence-electron chi connectivity index (χ4n) is 1.09. The van der Waals surface area contributed by atoms with Crippen LogP contribution in [-0.2, 0) is 15.7 Å². The van der Waals surface area contributed by atoms with Crippen molar-refractivity contribution in [1.29, 1.82) is 0 Å². The van der Waals surface area contributed by atoms with Crippen LogP contribution in [0.25, 0.3) is 0 Å². The second-order valence-electron chi connectivity index (χ2n) is 3.35. The summed E-state index contributed by atoms with van der Waals surface area (Å²) in [4.78, 5) is 14.3. The van der Waals surface area contributed by atoms with Crippen LogP contribution in [0.15, 0.2) is 18.3 Å². The SMILES string of the molecule is COC(=O)C(O)CNc1ccc(C(F)(F)F)cn1. The third kappa shape index (κ3) is 3.88. The first-order chi connectivity index (χ1) is 8.34. The number of pyridine rings is 1. The number of ether oxygens (including phenoxy) is 1. The third-order valence-corrected chi connectivity index (χ3v) is 2.04. The Morgan fingerprint density at radius 2 is 2.22 bits per heavy atom. The molecule has 1 rings (SSSR count). The topological polar surface area (TPSA) is 71.5 Å². The van der Waals surface area contributed by atoms with Gasteiger partial charge in [-0.1, -0.05) is 0 Å². The molecule has 100 valence electrons. The molecule has 0 aliphatic carbocycles. The lowest BCUT2D eigenvalue weighted by Crippen LogP contribution is -2.29. The Morgan fingerprint density at radius 1 is 1.56 bits per heavy atom. The van der Waals surface area contributed by atoms with E-state index in [4.69, 9.17) is 0 Å². The maximum Gasteiger partial charge on any atom is 0.417 e. The molecule has 0 aromatic carbocycles. The third-order valence-electron chi connectivity index (χ3n) is 2.04. The number of rotatable bonds is 4. The van der Waals surface area contributed by atoms with Gasteiger partial charge in [0.25, 0.3) is 0 Å². The number of carbonyl (C=O) groups excluding carboxylic acids is 1. The molecule has 0 radical (unpaired) electrons. The molecule has 0 fully saturated rings. The summed E-state index contributed by atoms with van der Waals surface area (Å²) < 4.78 is 40.9. The normalized spacial score (nSPS) is 12.9. The second-order valence-corrected chi connectivity index (χ2v) is 3.35. The monoisotopic (exact) mass is 264 g/mol. The van der Waals surface area contributed by atoms with Gasteiger partial charge in [-0.15, -0.1) is 0 Å². The molecule has 0 aliphatic heterocycles. The van der Waals surface area contributed by atoms with Crippen LogP contribution in [-0.4, -0.2) is 35.8 Å². The van der Waals surface area contributed by atoms with Gasteiger partial charge in [-0.25, -0.2) is 9.78 Å². The van der Waals surface area contributed by atoms with E-state index in [9.17, 15) is 23.1 Å². The molecule has 0 spiro atoms. The minimum absolute atomic E-state index is 0.117. The molecule has 0 amide bonds. The zero-order chi connectivity index (χ0) is 13.8. The summed E-state index contributed by atoms with van der Waals surface area (Å²) in [6.07, 6.45) is -5.19. The molecule has 1 aromatic rings. The first-order valence-corrected chi connectivity index (χ1v) is 4.87. The van der Waals surface area contributed by atoms with E-state index in [1.54, 1.807) is 0 Å². The largest absolute Gasteiger partial charge is 0.467 e. The van der Waals surface area contributed by atoms with Crippen LogP contribution in [0.5, 0.6) is 0 Å². The predicted molar refractivity (Wildman–Crippen MR) is 55.8 cm³/mol. The molecule has 18 heavy (non-hydrogen) atoms. The van der Waals surface area contributed by atoms with E-state index in [2.05, 4.69) is 15.0 Å². The average Bonchev–Trinajstić information content (AvgIpc) is 2.34. The lowest BCUT2D eigenvalue weighted by Gasteiger charge is -2.11. The van der Waals surface area contributed by atoms with E-state index in [0.29, 0.717) is 6.20 Å². The minimum atomic E-state index is -4.45. The molecule has 5 nitrogen and oxygen atoms in total. The summed E-state index contributed by atoms with van der Waals surface area (Å²) in [5, 5.41) is 11.7. The van der Waals surface area contributed by atoms with Crippen molar-refractivity contribution >= 4 is 11.8 Å². The molecule has 0 bridgehead atoms. The summed E-state index contributed by atoms with van der Waals surface area (Å²) in [6, 6.07) is 1.95. The Kier molecular flexibility index (Phi) is 4.49. The molecule has 1 aromatic heterocycles. The number of anilines is 1. The maximum absolute atomic E-state index is 12.2. The number of nitrogens with one attached hydrogen (secondary N) is 1. The Morgan fingerprint density at radius 3 is 2.67 bits per heavy atom. The number of alkyl halides is 3. The smallest absolute Gasteiger partial charge is 0.417 e. The van der Waals surface area contributed by atoms with E-state index in [-0.39, 0.29) is 12.4 Å². The number of methoxy groups -OCH3 is 1. The van der Waals surface area contributed by atoms with Crippen LogP contribution < -0.4 is 5.32 Å². The van der Waals surface area contributed by atoms with E-state index in [1.165, 1.54) is 0 Å². The molecule has 0 saturated carbocycles. The molecule has 0 aliphatic rings. The fourth-order valence-corrected chi connectivity index (χ4v) is 1.09. The minimum Gasteiger partial charge on any atom is -0.467 e. The van der Waals surface area contributed by atoms with Crippen LogP contribution in [0, 0.1) is 0 Å². The number of hydrogen-bond acceptors (Lipinski definition) is 5. The first kappa shape index (κ1) is 14.2. The van der Waals surface area contributed by atoms with Gasteiger partial charge >= 0.3 is 12.1 Å². The van der Waals surface area contributed by atoms with Gasteiger partial charge in [-0.3, -0.25) is 0 Å². The van der Waals surface area contributed by atoms with E-state index in [0.717, 1.165) is 19.2 Å². The van der Waals surface area contributed by atoms with Crippen LogP contribution in [0.3, 0.4) is 0 Å². The summed E-state index contributed by atoms with van der Waals surface area (Å²) in [7, 11) is 1.11. The highest BCUT2D eigenvalue weighted by molar-refractivity contribution is 5.74. The van der Waals surface area contributed by atoms with Crippen LogP contribution in [0.2, 0.25) is 0 Å². The highest BCUT2D eigenvalue weighted by atomic mass is 19.4. The van der Waals surface area contributed by atoms with Crippen molar-refractivity contribution in [3.8, 4) is 0 Å². The summed E-state index contributed by atoms with van der Waals surface area (Å²) in [6.45, 7) is -0.203. The highest BCUT2D eigenvalue weighted by Crippen LogP contribution is 2.28. The van der Waals surface area contributed by atoms with Crippen LogP contribution in [0.1, 0.15) is 5.56 Å². The number of esters is 1. The highest BCUT2D eigenvalue weighted by Gasteiger charge is 2.30. The molecule has 1 atom stereocenters. The van der Waals surface area contributed by atoms with Gasteiger partial charge in [0.2, 0.25) is 0 Å². The van der Waals surface area contributed by atoms with Crippen molar-refractivity contribution in [3.05, 3.63) is 23.9 Å². The van der Waals surface area contributed by atoms with Gasteiger partial charge in [-0.2, -0.15) is 13.2 Å². The van der Waals surface area contributed by atoms with Gasteiger partial charge in [0.1, 0.15) is 5.82 Å². The van der Waals surface area contributed by atoms with Crippen molar-refractivity contribution in [3.63, 3.8) is 0 Å². The Labute approximate surface area is 101 Å². The van der Waals surface area contributed by atoms with Crippen molar-refractivity contribution in [2.24, 2.45) is 0 Å². The molecule has 0 saturated heterocycles. The van der Waals surface area contributed by atoms with Crippen LogP contribution in [0.4, 0.5) is 19.0 Å². The summed E-state index contributed by atoms with van der Waals surface area (Å²) in [5.74, 6) is -0.722. The number of aliphatic hydroxyl groups excluding tert-OH is 1. The Bertz CT molecular complexity index is 406. The number of carbonyl (C=O) groups is 1. The maximum atomic E-state index is 12.2. The molecule has 1 unspecified atom stereocenters.